The molecule has 2 N–H and O–H groups in total. The number of aliphatic hydroxyl groups excluding tert-OH is 2. The lowest BCUT2D eigenvalue weighted by molar-refractivity contribution is -0.00600. The smallest absolute Gasteiger partial charge is 0.0613 e. The van der Waals surface area contributed by atoms with Crippen molar-refractivity contribution in [2.75, 3.05) is 0 Å². The van der Waals surface area contributed by atoms with Crippen molar-refractivity contribution in [2.45, 2.75) is 59.2 Å². The third-order valence-corrected chi connectivity index (χ3v) is 2.68. The minimum atomic E-state index is -0.383. The normalized spacial score (nSPS) is 18.7. The first kappa shape index (κ1) is 12.9. The van der Waals surface area contributed by atoms with Crippen LogP contribution in [-0.2, 0) is 0 Å². The van der Waals surface area contributed by atoms with Crippen LogP contribution in [0.5, 0.6) is 0 Å². The molecule has 0 fully saturated rings. The Morgan fingerprint density at radius 1 is 1.08 bits per heavy atom. The first-order valence-corrected chi connectivity index (χ1v) is 5.36. The van der Waals surface area contributed by atoms with E-state index < -0.39 is 0 Å². The van der Waals surface area contributed by atoms with Crippen molar-refractivity contribution in [3.63, 3.8) is 0 Å². The first-order chi connectivity index (χ1) is 6.00. The van der Waals surface area contributed by atoms with Crippen LogP contribution in [0.1, 0.15) is 47.0 Å². The number of aliphatic hydroxyl groups is 2. The second kappa shape index (κ2) is 6.39. The van der Waals surface area contributed by atoms with Crippen LogP contribution in [0.3, 0.4) is 0 Å². The van der Waals surface area contributed by atoms with Crippen LogP contribution in [0.15, 0.2) is 0 Å². The lowest BCUT2D eigenvalue weighted by Gasteiger charge is -2.26. The quantitative estimate of drug-likeness (QED) is 0.671. The highest BCUT2D eigenvalue weighted by atomic mass is 16.3. The molecule has 0 aliphatic heterocycles. The molecule has 0 rings (SSSR count). The third kappa shape index (κ3) is 4.63. The maximum atomic E-state index is 9.71. The van der Waals surface area contributed by atoms with Gasteiger partial charge in [-0.1, -0.05) is 40.5 Å². The van der Waals surface area contributed by atoms with Crippen molar-refractivity contribution in [3.05, 3.63) is 0 Å². The Morgan fingerprint density at radius 2 is 1.62 bits per heavy atom. The van der Waals surface area contributed by atoms with Gasteiger partial charge in [0.1, 0.15) is 0 Å². The van der Waals surface area contributed by atoms with Gasteiger partial charge in [0.25, 0.3) is 0 Å². The molecular formula is C11H24O2. The maximum absolute atomic E-state index is 9.71. The average molecular weight is 188 g/mol. The SMILES string of the molecule is CCCCC(O)C(C)C(O)C(C)C. The molecule has 3 unspecified atom stereocenters. The van der Waals surface area contributed by atoms with Gasteiger partial charge in [-0.3, -0.25) is 0 Å². The summed E-state index contributed by atoms with van der Waals surface area (Å²) >= 11 is 0. The maximum Gasteiger partial charge on any atom is 0.0613 e. The van der Waals surface area contributed by atoms with E-state index in [4.69, 9.17) is 0 Å². The zero-order chi connectivity index (χ0) is 10.4. The van der Waals surface area contributed by atoms with E-state index in [1.54, 1.807) is 0 Å². The molecule has 0 amide bonds. The lowest BCUT2D eigenvalue weighted by atomic mass is 9.88. The van der Waals surface area contributed by atoms with Gasteiger partial charge in [0, 0.05) is 5.92 Å². The third-order valence-electron chi connectivity index (χ3n) is 2.68. The highest BCUT2D eigenvalue weighted by Gasteiger charge is 2.23. The van der Waals surface area contributed by atoms with E-state index in [-0.39, 0.29) is 24.0 Å². The molecule has 0 aliphatic rings. The summed E-state index contributed by atoms with van der Waals surface area (Å²) in [6.07, 6.45) is 2.21. The molecule has 0 aromatic carbocycles. The van der Waals surface area contributed by atoms with E-state index >= 15 is 0 Å². The second-order valence-electron chi connectivity index (χ2n) is 4.30. The van der Waals surface area contributed by atoms with Crippen LogP contribution in [0.4, 0.5) is 0 Å². The fourth-order valence-corrected chi connectivity index (χ4v) is 1.51. The average Bonchev–Trinajstić information content (AvgIpc) is 2.11. The van der Waals surface area contributed by atoms with E-state index in [2.05, 4.69) is 6.92 Å². The predicted molar refractivity (Wildman–Crippen MR) is 55.5 cm³/mol. The summed E-state index contributed by atoms with van der Waals surface area (Å²) in [6, 6.07) is 0. The Kier molecular flexibility index (Phi) is 6.35. The van der Waals surface area contributed by atoms with Gasteiger partial charge >= 0.3 is 0 Å². The van der Waals surface area contributed by atoms with Crippen LogP contribution in [-0.4, -0.2) is 22.4 Å². The summed E-state index contributed by atoms with van der Waals surface area (Å²) in [5.41, 5.74) is 0. The molecule has 0 saturated carbocycles. The van der Waals surface area contributed by atoms with Gasteiger partial charge in [-0.15, -0.1) is 0 Å². The fourth-order valence-electron chi connectivity index (χ4n) is 1.51. The second-order valence-corrected chi connectivity index (χ2v) is 4.30. The molecule has 80 valence electrons. The van der Waals surface area contributed by atoms with Crippen LogP contribution < -0.4 is 0 Å². The van der Waals surface area contributed by atoms with E-state index in [0.717, 1.165) is 19.3 Å². The summed E-state index contributed by atoms with van der Waals surface area (Å²) in [5, 5.41) is 19.4. The van der Waals surface area contributed by atoms with Gasteiger partial charge in [-0.25, -0.2) is 0 Å². The topological polar surface area (TPSA) is 40.5 Å². The molecule has 0 aliphatic carbocycles. The number of hydrogen-bond acceptors (Lipinski definition) is 2. The van der Waals surface area contributed by atoms with Gasteiger partial charge in [0.05, 0.1) is 12.2 Å². The number of rotatable bonds is 6. The summed E-state index contributed by atoms with van der Waals surface area (Å²) < 4.78 is 0. The Bertz CT molecular complexity index is 123. The molecular weight excluding hydrogens is 164 g/mol. The largest absolute Gasteiger partial charge is 0.393 e. The highest BCUT2D eigenvalue weighted by Crippen LogP contribution is 2.19. The van der Waals surface area contributed by atoms with Crippen molar-refractivity contribution >= 4 is 0 Å². The molecule has 2 nitrogen and oxygen atoms in total. The monoisotopic (exact) mass is 188 g/mol. The highest BCUT2D eigenvalue weighted by molar-refractivity contribution is 4.74. The van der Waals surface area contributed by atoms with Crippen molar-refractivity contribution < 1.29 is 10.2 Å². The van der Waals surface area contributed by atoms with Crippen molar-refractivity contribution in [3.8, 4) is 0 Å². The predicted octanol–water partition coefficient (Wildman–Crippen LogP) is 2.19. The van der Waals surface area contributed by atoms with Gasteiger partial charge in [-0.05, 0) is 12.3 Å². The Balaban J connectivity index is 3.86. The molecule has 0 aromatic rings. The van der Waals surface area contributed by atoms with E-state index in [1.165, 1.54) is 0 Å². The first-order valence-electron chi connectivity index (χ1n) is 5.36. The van der Waals surface area contributed by atoms with E-state index in [1.807, 2.05) is 20.8 Å². The molecule has 13 heavy (non-hydrogen) atoms. The molecule has 0 saturated heterocycles. The van der Waals surface area contributed by atoms with Gasteiger partial charge in [0.2, 0.25) is 0 Å². The molecule has 0 aromatic heterocycles. The summed E-state index contributed by atoms with van der Waals surface area (Å²) in [6.45, 7) is 7.99. The van der Waals surface area contributed by atoms with Crippen LogP contribution >= 0.6 is 0 Å². The lowest BCUT2D eigenvalue weighted by Crippen LogP contribution is -2.33. The Labute approximate surface area is 82.0 Å². The zero-order valence-corrected chi connectivity index (χ0v) is 9.33. The summed E-state index contributed by atoms with van der Waals surface area (Å²) in [7, 11) is 0. The van der Waals surface area contributed by atoms with Crippen molar-refractivity contribution in [1.29, 1.82) is 0 Å². The van der Waals surface area contributed by atoms with E-state index in [9.17, 15) is 10.2 Å². The minimum Gasteiger partial charge on any atom is -0.393 e. The molecule has 0 radical (unpaired) electrons. The standard InChI is InChI=1S/C11H24O2/c1-5-6-7-10(12)9(4)11(13)8(2)3/h8-13H,5-7H2,1-4H3. The molecule has 0 spiro atoms. The summed E-state index contributed by atoms with van der Waals surface area (Å²) in [5.74, 6) is 0.220. The zero-order valence-electron chi connectivity index (χ0n) is 9.33. The molecule has 0 heterocycles. The van der Waals surface area contributed by atoms with Crippen molar-refractivity contribution in [1.82, 2.24) is 0 Å². The number of unbranched alkanes of at least 4 members (excludes halogenated alkanes) is 1. The van der Waals surface area contributed by atoms with Crippen LogP contribution in [0.25, 0.3) is 0 Å². The summed E-state index contributed by atoms with van der Waals surface area (Å²) in [4.78, 5) is 0. The molecule has 2 heteroatoms. The minimum absolute atomic E-state index is 0.00782. The van der Waals surface area contributed by atoms with Crippen LogP contribution in [0.2, 0.25) is 0 Å². The number of hydrogen-bond donors (Lipinski definition) is 2. The van der Waals surface area contributed by atoms with E-state index in [0.29, 0.717) is 0 Å². The van der Waals surface area contributed by atoms with Crippen molar-refractivity contribution in [2.24, 2.45) is 11.8 Å². The van der Waals surface area contributed by atoms with Gasteiger partial charge in [-0.2, -0.15) is 0 Å². The molecule has 0 bridgehead atoms. The fraction of sp³-hybridized carbons (Fsp3) is 1.00. The Hall–Kier alpha value is -0.0800. The van der Waals surface area contributed by atoms with Gasteiger partial charge < -0.3 is 10.2 Å². The molecule has 3 atom stereocenters. The Morgan fingerprint density at radius 3 is 2.00 bits per heavy atom. The van der Waals surface area contributed by atoms with Gasteiger partial charge in [0.15, 0.2) is 0 Å². The van der Waals surface area contributed by atoms with Crippen LogP contribution in [0, 0.1) is 11.8 Å².